The Hall–Kier alpha value is -1.96. The summed E-state index contributed by atoms with van der Waals surface area (Å²) in [6.45, 7) is 1.96. The van der Waals surface area contributed by atoms with Crippen LogP contribution in [0.3, 0.4) is 0 Å². The van der Waals surface area contributed by atoms with Crippen LogP contribution in [-0.4, -0.2) is 0 Å². The average Bonchev–Trinajstić information content (AvgIpc) is 2.82. The predicted octanol–water partition coefficient (Wildman–Crippen LogP) is 3.11. The van der Waals surface area contributed by atoms with Crippen LogP contribution in [-0.2, 0) is 6.42 Å². The number of rotatable bonds is 1. The van der Waals surface area contributed by atoms with E-state index < -0.39 is 0 Å². The first-order valence-electron chi connectivity index (χ1n) is 5.39. The van der Waals surface area contributed by atoms with Gasteiger partial charge in [0.1, 0.15) is 11.5 Å². The van der Waals surface area contributed by atoms with E-state index in [2.05, 4.69) is 18.2 Å². The van der Waals surface area contributed by atoms with Gasteiger partial charge in [0.05, 0.1) is 0 Å². The number of aryl methyl sites for hydroxylation is 1. The number of hydrogen-bond donors (Lipinski definition) is 1. The van der Waals surface area contributed by atoms with Crippen LogP contribution in [0.2, 0.25) is 0 Å². The van der Waals surface area contributed by atoms with Gasteiger partial charge in [-0.3, -0.25) is 0 Å². The molecular formula is C14H13NO. The highest BCUT2D eigenvalue weighted by Crippen LogP contribution is 2.33. The third kappa shape index (κ3) is 1.34. The molecule has 0 atom stereocenters. The molecule has 0 saturated heterocycles. The Bertz CT molecular complexity index is 578. The molecule has 3 rings (SSSR count). The van der Waals surface area contributed by atoms with E-state index in [0.29, 0.717) is 0 Å². The van der Waals surface area contributed by atoms with Crippen molar-refractivity contribution in [2.75, 3.05) is 0 Å². The fraction of sp³-hybridized carbons (Fsp3) is 0.143. The van der Waals surface area contributed by atoms with Gasteiger partial charge in [0, 0.05) is 17.7 Å². The molecule has 2 aromatic rings. The molecule has 80 valence electrons. The van der Waals surface area contributed by atoms with Gasteiger partial charge in [-0.25, -0.2) is 0 Å². The zero-order chi connectivity index (χ0) is 11.1. The summed E-state index contributed by atoms with van der Waals surface area (Å²) in [6.07, 6.45) is 2.89. The van der Waals surface area contributed by atoms with Crippen molar-refractivity contribution < 1.29 is 4.42 Å². The number of benzene rings is 1. The molecular weight excluding hydrogens is 198 g/mol. The molecule has 16 heavy (non-hydrogen) atoms. The van der Waals surface area contributed by atoms with Crippen molar-refractivity contribution in [1.29, 1.82) is 0 Å². The minimum atomic E-state index is 0.850. The van der Waals surface area contributed by atoms with Crippen molar-refractivity contribution in [2.45, 2.75) is 13.3 Å². The van der Waals surface area contributed by atoms with E-state index in [1.54, 1.807) is 0 Å². The Morgan fingerprint density at radius 2 is 2.06 bits per heavy atom. The minimum absolute atomic E-state index is 0.850. The van der Waals surface area contributed by atoms with Crippen LogP contribution in [0.1, 0.15) is 16.9 Å². The van der Waals surface area contributed by atoms with E-state index in [0.717, 1.165) is 29.2 Å². The molecule has 0 spiro atoms. The lowest BCUT2D eigenvalue weighted by Crippen LogP contribution is -1.94. The second-order valence-electron chi connectivity index (χ2n) is 4.18. The van der Waals surface area contributed by atoms with Crippen molar-refractivity contribution in [3.63, 3.8) is 0 Å². The van der Waals surface area contributed by atoms with Crippen molar-refractivity contribution in [2.24, 2.45) is 5.73 Å². The van der Waals surface area contributed by atoms with E-state index in [-0.39, 0.29) is 0 Å². The lowest BCUT2D eigenvalue weighted by Gasteiger charge is -2.04. The smallest absolute Gasteiger partial charge is 0.134 e. The third-order valence-electron chi connectivity index (χ3n) is 2.93. The predicted molar refractivity (Wildman–Crippen MR) is 64.7 cm³/mol. The number of fused-ring (bicyclic) bond motifs is 1. The van der Waals surface area contributed by atoms with Gasteiger partial charge in [0.25, 0.3) is 0 Å². The molecule has 0 radical (unpaired) electrons. The van der Waals surface area contributed by atoms with Crippen LogP contribution in [0, 0.1) is 6.92 Å². The lowest BCUT2D eigenvalue weighted by atomic mass is 10.0. The maximum atomic E-state index is 5.87. The van der Waals surface area contributed by atoms with Crippen LogP contribution in [0.25, 0.3) is 17.4 Å². The maximum absolute atomic E-state index is 5.87. The number of hydrogen-bond acceptors (Lipinski definition) is 2. The quantitative estimate of drug-likeness (QED) is 0.787. The third-order valence-corrected chi connectivity index (χ3v) is 2.93. The summed E-state index contributed by atoms with van der Waals surface area (Å²) in [6, 6.07) is 10.2. The van der Waals surface area contributed by atoms with E-state index >= 15 is 0 Å². The van der Waals surface area contributed by atoms with Crippen LogP contribution < -0.4 is 5.73 Å². The van der Waals surface area contributed by atoms with Gasteiger partial charge in [-0.05, 0) is 36.3 Å². The molecule has 0 fully saturated rings. The first-order valence-corrected chi connectivity index (χ1v) is 5.39. The van der Waals surface area contributed by atoms with Crippen LogP contribution in [0.15, 0.2) is 40.4 Å². The van der Waals surface area contributed by atoms with E-state index in [1.165, 1.54) is 11.1 Å². The molecule has 2 heteroatoms. The van der Waals surface area contributed by atoms with E-state index in [9.17, 15) is 0 Å². The van der Waals surface area contributed by atoms with E-state index in [4.69, 9.17) is 10.2 Å². The Labute approximate surface area is 94.4 Å². The first-order chi connectivity index (χ1) is 7.74. The highest BCUT2D eigenvalue weighted by Gasteiger charge is 2.16. The number of nitrogens with two attached hydrogens (primary N) is 1. The molecule has 0 aliphatic heterocycles. The molecule has 1 aliphatic carbocycles. The second-order valence-corrected chi connectivity index (χ2v) is 4.18. The van der Waals surface area contributed by atoms with Gasteiger partial charge in [-0.2, -0.15) is 0 Å². The summed E-state index contributed by atoms with van der Waals surface area (Å²) >= 11 is 0. The van der Waals surface area contributed by atoms with Crippen LogP contribution in [0.5, 0.6) is 0 Å². The second kappa shape index (κ2) is 3.27. The van der Waals surface area contributed by atoms with Crippen molar-refractivity contribution in [3.05, 3.63) is 52.9 Å². The highest BCUT2D eigenvalue weighted by atomic mass is 16.3. The van der Waals surface area contributed by atoms with Gasteiger partial charge in [0.15, 0.2) is 0 Å². The molecule has 0 bridgehead atoms. The molecule has 2 nitrogen and oxygen atoms in total. The van der Waals surface area contributed by atoms with Gasteiger partial charge >= 0.3 is 0 Å². The zero-order valence-corrected chi connectivity index (χ0v) is 9.16. The largest absolute Gasteiger partial charge is 0.461 e. The van der Waals surface area contributed by atoms with Crippen molar-refractivity contribution in [1.82, 2.24) is 0 Å². The normalized spacial score (nSPS) is 13.7. The zero-order valence-electron chi connectivity index (χ0n) is 9.16. The summed E-state index contributed by atoms with van der Waals surface area (Å²) in [5.74, 6) is 1.85. The Morgan fingerprint density at radius 3 is 2.81 bits per heavy atom. The topological polar surface area (TPSA) is 39.2 Å². The standard InChI is InChI=1S/C14H13NO/c1-9-5-6-14(16-9)12-4-2-3-10-7-11(15)8-13(10)12/h2-6,8H,7,15H2,1H3. The number of allylic oxidation sites excluding steroid dienone is 1. The van der Waals surface area contributed by atoms with Crippen molar-refractivity contribution >= 4 is 6.08 Å². The fourth-order valence-electron chi connectivity index (χ4n) is 2.19. The fourth-order valence-corrected chi connectivity index (χ4v) is 2.19. The van der Waals surface area contributed by atoms with E-state index in [1.807, 2.05) is 25.1 Å². The SMILES string of the molecule is Cc1ccc(-c2cccc3c2C=C(N)C3)o1. The van der Waals surface area contributed by atoms with Crippen LogP contribution >= 0.6 is 0 Å². The molecule has 0 amide bonds. The Morgan fingerprint density at radius 1 is 1.19 bits per heavy atom. The first kappa shape index (κ1) is 9.28. The molecule has 1 heterocycles. The minimum Gasteiger partial charge on any atom is -0.461 e. The summed E-state index contributed by atoms with van der Waals surface area (Å²) < 4.78 is 5.66. The molecule has 1 aromatic heterocycles. The van der Waals surface area contributed by atoms with Gasteiger partial charge in [-0.1, -0.05) is 18.2 Å². The number of furan rings is 1. The molecule has 1 aliphatic rings. The summed E-state index contributed by atoms with van der Waals surface area (Å²) in [5.41, 5.74) is 10.4. The highest BCUT2D eigenvalue weighted by molar-refractivity contribution is 5.78. The molecule has 0 unspecified atom stereocenters. The summed E-state index contributed by atoms with van der Waals surface area (Å²) in [5, 5.41) is 0. The van der Waals surface area contributed by atoms with Crippen molar-refractivity contribution in [3.8, 4) is 11.3 Å². The Balaban J connectivity index is 2.19. The molecule has 1 aromatic carbocycles. The maximum Gasteiger partial charge on any atom is 0.134 e. The lowest BCUT2D eigenvalue weighted by molar-refractivity contribution is 0.548. The van der Waals surface area contributed by atoms with Gasteiger partial charge in [0.2, 0.25) is 0 Å². The Kier molecular flexibility index (Phi) is 1.90. The summed E-state index contributed by atoms with van der Waals surface area (Å²) in [7, 11) is 0. The monoisotopic (exact) mass is 211 g/mol. The summed E-state index contributed by atoms with van der Waals surface area (Å²) in [4.78, 5) is 0. The van der Waals surface area contributed by atoms with Crippen LogP contribution in [0.4, 0.5) is 0 Å². The van der Waals surface area contributed by atoms with Gasteiger partial charge < -0.3 is 10.2 Å². The molecule has 0 saturated carbocycles. The molecule has 2 N–H and O–H groups in total. The average molecular weight is 211 g/mol. The van der Waals surface area contributed by atoms with Gasteiger partial charge in [-0.15, -0.1) is 0 Å².